The van der Waals surface area contributed by atoms with Crippen molar-refractivity contribution in [2.75, 3.05) is 0 Å². The highest BCUT2D eigenvalue weighted by molar-refractivity contribution is 6.32. The van der Waals surface area contributed by atoms with Crippen LogP contribution in [0, 0.1) is 0 Å². The van der Waals surface area contributed by atoms with Crippen LogP contribution in [0.1, 0.15) is 10.4 Å². The second kappa shape index (κ2) is 2.56. The average Bonchev–Trinajstić information content (AvgIpc) is 1.88. The molecule has 0 bridgehead atoms. The first-order valence-corrected chi connectivity index (χ1v) is 2.85. The number of primary amides is 1. The minimum Gasteiger partial charge on any atom is -0.366 e. The molecule has 0 fully saturated rings. The summed E-state index contributed by atoms with van der Waals surface area (Å²) in [6.45, 7) is 0. The molecule has 0 spiro atoms. The second-order valence-corrected chi connectivity index (χ2v) is 1.99. The maximum absolute atomic E-state index is 10.5. The standard InChI is InChI=1S/C7H6BNO/c8-6-3-1-2-5(4-6)7(9)10/h1-4H,(H2,9,10). The van der Waals surface area contributed by atoms with Crippen molar-refractivity contribution < 1.29 is 4.79 Å². The Bertz CT molecular complexity index is 260. The highest BCUT2D eigenvalue weighted by atomic mass is 16.1. The number of carbonyl (C=O) groups excluding carboxylic acids is 1. The van der Waals surface area contributed by atoms with Crippen molar-refractivity contribution in [2.24, 2.45) is 5.73 Å². The van der Waals surface area contributed by atoms with E-state index in [0.717, 1.165) is 0 Å². The van der Waals surface area contributed by atoms with Crippen LogP contribution in [-0.4, -0.2) is 13.8 Å². The van der Waals surface area contributed by atoms with Gasteiger partial charge < -0.3 is 5.73 Å². The smallest absolute Gasteiger partial charge is 0.248 e. The van der Waals surface area contributed by atoms with E-state index in [1.54, 1.807) is 24.3 Å². The van der Waals surface area contributed by atoms with Gasteiger partial charge in [-0.1, -0.05) is 23.7 Å². The summed E-state index contributed by atoms with van der Waals surface area (Å²) in [7, 11) is 5.39. The van der Waals surface area contributed by atoms with Crippen LogP contribution in [-0.2, 0) is 0 Å². The number of benzene rings is 1. The molecule has 3 heteroatoms. The molecule has 0 aliphatic rings. The molecule has 1 rings (SSSR count). The van der Waals surface area contributed by atoms with Gasteiger partial charge in [0.15, 0.2) is 0 Å². The van der Waals surface area contributed by atoms with E-state index < -0.39 is 5.91 Å². The van der Waals surface area contributed by atoms with E-state index in [2.05, 4.69) is 0 Å². The SMILES string of the molecule is [B]c1cccc(C(N)=O)c1. The molecule has 2 nitrogen and oxygen atoms in total. The van der Waals surface area contributed by atoms with Crippen molar-refractivity contribution in [2.45, 2.75) is 0 Å². The summed E-state index contributed by atoms with van der Waals surface area (Å²) in [5.74, 6) is -0.452. The minimum absolute atomic E-state index is 0.444. The molecule has 10 heavy (non-hydrogen) atoms. The molecule has 1 amide bonds. The van der Waals surface area contributed by atoms with Crippen LogP contribution in [0.25, 0.3) is 0 Å². The first-order valence-electron chi connectivity index (χ1n) is 2.85. The van der Waals surface area contributed by atoms with Gasteiger partial charge in [0.25, 0.3) is 0 Å². The number of nitrogens with two attached hydrogens (primary N) is 1. The number of hydrogen-bond donors (Lipinski definition) is 1. The third-order valence-corrected chi connectivity index (χ3v) is 1.17. The predicted molar refractivity (Wildman–Crippen MR) is 40.3 cm³/mol. The fourth-order valence-corrected chi connectivity index (χ4v) is 0.692. The Morgan fingerprint density at radius 3 is 2.60 bits per heavy atom. The zero-order valence-electron chi connectivity index (χ0n) is 5.37. The normalized spacial score (nSPS) is 9.20. The van der Waals surface area contributed by atoms with Crippen molar-refractivity contribution in [3.05, 3.63) is 29.8 Å². The van der Waals surface area contributed by atoms with E-state index >= 15 is 0 Å². The highest BCUT2D eigenvalue weighted by Gasteiger charge is 1.96. The molecule has 48 valence electrons. The number of rotatable bonds is 1. The molecule has 2 radical (unpaired) electrons. The Morgan fingerprint density at radius 1 is 1.50 bits per heavy atom. The Kier molecular flexibility index (Phi) is 1.76. The van der Waals surface area contributed by atoms with E-state index in [1.165, 1.54) is 0 Å². The van der Waals surface area contributed by atoms with Crippen LogP contribution in [0.4, 0.5) is 0 Å². The van der Waals surface area contributed by atoms with Gasteiger partial charge in [-0.25, -0.2) is 0 Å². The van der Waals surface area contributed by atoms with Crippen molar-refractivity contribution >= 4 is 19.2 Å². The van der Waals surface area contributed by atoms with Crippen LogP contribution in [0.2, 0.25) is 0 Å². The molecule has 0 heterocycles. The minimum atomic E-state index is -0.452. The van der Waals surface area contributed by atoms with Gasteiger partial charge in [0.05, 0.1) is 0 Å². The number of hydrogen-bond acceptors (Lipinski definition) is 1. The third-order valence-electron chi connectivity index (χ3n) is 1.17. The lowest BCUT2D eigenvalue weighted by atomic mass is 9.94. The zero-order chi connectivity index (χ0) is 7.56. The lowest BCUT2D eigenvalue weighted by Gasteiger charge is -1.94. The summed E-state index contributed by atoms with van der Waals surface area (Å²) in [5.41, 5.74) is 5.98. The Balaban J connectivity index is 3.07. The molecule has 0 aliphatic carbocycles. The van der Waals surface area contributed by atoms with Gasteiger partial charge in [0, 0.05) is 5.56 Å². The van der Waals surface area contributed by atoms with Gasteiger partial charge in [0.1, 0.15) is 7.85 Å². The first kappa shape index (κ1) is 6.87. The Hall–Kier alpha value is -1.25. The average molecular weight is 131 g/mol. The molecule has 0 saturated carbocycles. The number of amides is 1. The molecule has 0 saturated heterocycles. The van der Waals surface area contributed by atoms with Gasteiger partial charge >= 0.3 is 0 Å². The molecule has 0 atom stereocenters. The third kappa shape index (κ3) is 1.38. The van der Waals surface area contributed by atoms with E-state index in [0.29, 0.717) is 11.0 Å². The molecule has 0 aliphatic heterocycles. The first-order chi connectivity index (χ1) is 4.70. The maximum Gasteiger partial charge on any atom is 0.248 e. The van der Waals surface area contributed by atoms with Crippen molar-refractivity contribution in [1.29, 1.82) is 0 Å². The van der Waals surface area contributed by atoms with Gasteiger partial charge in [-0.2, -0.15) is 0 Å². The fourth-order valence-electron chi connectivity index (χ4n) is 0.692. The van der Waals surface area contributed by atoms with Crippen LogP contribution in [0.5, 0.6) is 0 Å². The summed E-state index contributed by atoms with van der Waals surface area (Å²) in [4.78, 5) is 10.5. The van der Waals surface area contributed by atoms with Gasteiger partial charge in [-0.15, -0.1) is 0 Å². The molecule has 0 unspecified atom stereocenters. The summed E-state index contributed by atoms with van der Waals surface area (Å²) in [6.07, 6.45) is 0. The van der Waals surface area contributed by atoms with E-state index in [-0.39, 0.29) is 0 Å². The Morgan fingerprint density at radius 2 is 2.20 bits per heavy atom. The molecule has 2 N–H and O–H groups in total. The quantitative estimate of drug-likeness (QED) is 0.516. The molecular weight excluding hydrogens is 125 g/mol. The lowest BCUT2D eigenvalue weighted by Crippen LogP contribution is -2.14. The van der Waals surface area contributed by atoms with Gasteiger partial charge in [-0.3, -0.25) is 4.79 Å². The van der Waals surface area contributed by atoms with Crippen LogP contribution >= 0.6 is 0 Å². The lowest BCUT2D eigenvalue weighted by molar-refractivity contribution is 0.100. The molecule has 1 aromatic rings. The molecular formula is C7H6BNO. The van der Waals surface area contributed by atoms with Crippen molar-refractivity contribution in [3.8, 4) is 0 Å². The Labute approximate surface area is 60.4 Å². The molecule has 0 aromatic heterocycles. The van der Waals surface area contributed by atoms with E-state index in [9.17, 15) is 4.79 Å². The van der Waals surface area contributed by atoms with Crippen LogP contribution < -0.4 is 11.2 Å². The summed E-state index contributed by atoms with van der Waals surface area (Å²) in [6, 6.07) is 6.56. The maximum atomic E-state index is 10.5. The predicted octanol–water partition coefficient (Wildman–Crippen LogP) is -0.421. The largest absolute Gasteiger partial charge is 0.366 e. The van der Waals surface area contributed by atoms with E-state index in [1.807, 2.05) is 0 Å². The zero-order valence-corrected chi connectivity index (χ0v) is 5.37. The van der Waals surface area contributed by atoms with Gasteiger partial charge in [-0.05, 0) is 6.07 Å². The van der Waals surface area contributed by atoms with E-state index in [4.69, 9.17) is 13.6 Å². The summed E-state index contributed by atoms with van der Waals surface area (Å²) in [5, 5.41) is 0. The summed E-state index contributed by atoms with van der Waals surface area (Å²) < 4.78 is 0. The van der Waals surface area contributed by atoms with Crippen LogP contribution in [0.15, 0.2) is 24.3 Å². The topological polar surface area (TPSA) is 43.1 Å². The van der Waals surface area contributed by atoms with Gasteiger partial charge in [0.2, 0.25) is 5.91 Å². The van der Waals surface area contributed by atoms with Crippen molar-refractivity contribution in [3.63, 3.8) is 0 Å². The van der Waals surface area contributed by atoms with Crippen molar-refractivity contribution in [1.82, 2.24) is 0 Å². The second-order valence-electron chi connectivity index (χ2n) is 1.99. The highest BCUT2D eigenvalue weighted by Crippen LogP contribution is 1.92. The summed E-state index contributed by atoms with van der Waals surface area (Å²) >= 11 is 0. The fraction of sp³-hybridized carbons (Fsp3) is 0. The van der Waals surface area contributed by atoms with Crippen LogP contribution in [0.3, 0.4) is 0 Å². The monoisotopic (exact) mass is 131 g/mol. The number of carbonyl (C=O) groups is 1. The molecule has 1 aromatic carbocycles.